The fourth-order valence-corrected chi connectivity index (χ4v) is 2.83. The minimum absolute atomic E-state index is 0.363. The second-order valence-electron chi connectivity index (χ2n) is 4.99. The quantitative estimate of drug-likeness (QED) is 0.697. The summed E-state index contributed by atoms with van der Waals surface area (Å²) in [5.74, 6) is 0.778. The Hall–Kier alpha value is -0.0800. The van der Waals surface area contributed by atoms with Gasteiger partial charge in [0.25, 0.3) is 0 Å². The summed E-state index contributed by atoms with van der Waals surface area (Å²) < 4.78 is 0. The standard InChI is InChI=1S/C11H22N2/c12-8-11(6-7-11)10(13)9-4-2-1-3-5-9/h9-10H,1-8,12-13H2. The molecule has 0 aromatic rings. The van der Waals surface area contributed by atoms with E-state index >= 15 is 0 Å². The normalized spacial score (nSPS) is 30.0. The summed E-state index contributed by atoms with van der Waals surface area (Å²) in [6, 6.07) is 0.401. The fourth-order valence-electron chi connectivity index (χ4n) is 2.83. The lowest BCUT2D eigenvalue weighted by atomic mass is 9.77. The van der Waals surface area contributed by atoms with Gasteiger partial charge in [0, 0.05) is 6.04 Å². The van der Waals surface area contributed by atoms with Crippen LogP contribution in [0.3, 0.4) is 0 Å². The van der Waals surface area contributed by atoms with Crippen LogP contribution in [0.5, 0.6) is 0 Å². The maximum atomic E-state index is 6.32. The van der Waals surface area contributed by atoms with Crippen molar-refractivity contribution in [1.29, 1.82) is 0 Å². The molecule has 0 aliphatic heterocycles. The summed E-state index contributed by atoms with van der Waals surface area (Å²) >= 11 is 0. The predicted molar refractivity (Wildman–Crippen MR) is 55.3 cm³/mol. The molecule has 2 rings (SSSR count). The lowest BCUT2D eigenvalue weighted by molar-refractivity contribution is 0.233. The van der Waals surface area contributed by atoms with Gasteiger partial charge in [0.15, 0.2) is 0 Å². The van der Waals surface area contributed by atoms with Crippen molar-refractivity contribution >= 4 is 0 Å². The van der Waals surface area contributed by atoms with E-state index in [-0.39, 0.29) is 0 Å². The Morgan fingerprint density at radius 1 is 1.15 bits per heavy atom. The molecule has 13 heavy (non-hydrogen) atoms. The smallest absolute Gasteiger partial charge is 0.0136 e. The Bertz CT molecular complexity index is 169. The number of hydrogen-bond donors (Lipinski definition) is 2. The average Bonchev–Trinajstić information content (AvgIpc) is 2.99. The van der Waals surface area contributed by atoms with Gasteiger partial charge in [0.05, 0.1) is 0 Å². The molecule has 0 bridgehead atoms. The van der Waals surface area contributed by atoms with Crippen molar-refractivity contribution in [3.05, 3.63) is 0 Å². The molecule has 2 heteroatoms. The Balaban J connectivity index is 1.91. The van der Waals surface area contributed by atoms with Crippen LogP contribution in [0.25, 0.3) is 0 Å². The zero-order valence-corrected chi connectivity index (χ0v) is 8.47. The summed E-state index contributed by atoms with van der Waals surface area (Å²) in [6.07, 6.45) is 9.45. The number of hydrogen-bond acceptors (Lipinski definition) is 2. The summed E-state index contributed by atoms with van der Waals surface area (Å²) in [7, 11) is 0. The third kappa shape index (κ3) is 1.75. The van der Waals surface area contributed by atoms with Crippen LogP contribution in [0, 0.1) is 11.3 Å². The van der Waals surface area contributed by atoms with Crippen molar-refractivity contribution < 1.29 is 0 Å². The average molecular weight is 182 g/mol. The zero-order chi connectivity index (χ0) is 9.31. The minimum Gasteiger partial charge on any atom is -0.330 e. The summed E-state index contributed by atoms with van der Waals surface area (Å²) in [6.45, 7) is 0.810. The van der Waals surface area contributed by atoms with E-state index in [4.69, 9.17) is 11.5 Å². The van der Waals surface area contributed by atoms with Gasteiger partial charge < -0.3 is 11.5 Å². The number of nitrogens with two attached hydrogens (primary N) is 2. The van der Waals surface area contributed by atoms with Gasteiger partial charge >= 0.3 is 0 Å². The van der Waals surface area contributed by atoms with E-state index < -0.39 is 0 Å². The third-order valence-electron chi connectivity index (χ3n) is 4.16. The lowest BCUT2D eigenvalue weighted by Crippen LogP contribution is -2.43. The minimum atomic E-state index is 0.363. The molecular formula is C11H22N2. The van der Waals surface area contributed by atoms with Crippen molar-refractivity contribution in [2.24, 2.45) is 22.8 Å². The largest absolute Gasteiger partial charge is 0.330 e. The van der Waals surface area contributed by atoms with Crippen LogP contribution < -0.4 is 11.5 Å². The highest BCUT2D eigenvalue weighted by Crippen LogP contribution is 2.50. The first-order valence-electron chi connectivity index (χ1n) is 5.74. The van der Waals surface area contributed by atoms with Gasteiger partial charge in [-0.05, 0) is 43.6 Å². The molecule has 2 saturated carbocycles. The van der Waals surface area contributed by atoms with Gasteiger partial charge in [-0.3, -0.25) is 0 Å². The highest BCUT2D eigenvalue weighted by Gasteiger charge is 2.48. The van der Waals surface area contributed by atoms with E-state index in [1.54, 1.807) is 0 Å². The van der Waals surface area contributed by atoms with E-state index in [9.17, 15) is 0 Å². The van der Waals surface area contributed by atoms with E-state index in [2.05, 4.69) is 0 Å². The second kappa shape index (κ2) is 3.58. The summed E-state index contributed by atoms with van der Waals surface area (Å²) in [4.78, 5) is 0. The Labute approximate surface area is 81.1 Å². The molecule has 0 aromatic carbocycles. The van der Waals surface area contributed by atoms with E-state index in [0.29, 0.717) is 11.5 Å². The van der Waals surface area contributed by atoms with Crippen molar-refractivity contribution in [3.63, 3.8) is 0 Å². The molecule has 0 amide bonds. The molecule has 4 N–H and O–H groups in total. The van der Waals surface area contributed by atoms with Crippen molar-refractivity contribution in [1.82, 2.24) is 0 Å². The Morgan fingerprint density at radius 2 is 1.77 bits per heavy atom. The Kier molecular flexibility index (Phi) is 2.61. The molecule has 1 unspecified atom stereocenters. The van der Waals surface area contributed by atoms with E-state index in [0.717, 1.165) is 12.5 Å². The van der Waals surface area contributed by atoms with Gasteiger partial charge in [-0.25, -0.2) is 0 Å². The van der Waals surface area contributed by atoms with Crippen molar-refractivity contribution in [2.45, 2.75) is 51.0 Å². The SMILES string of the molecule is NCC1(C(N)C2CCCCC2)CC1. The van der Waals surface area contributed by atoms with Gasteiger partial charge in [-0.2, -0.15) is 0 Å². The van der Waals surface area contributed by atoms with Crippen LogP contribution in [-0.2, 0) is 0 Å². The molecule has 0 spiro atoms. The predicted octanol–water partition coefficient (Wildman–Crippen LogP) is 1.63. The fraction of sp³-hybridized carbons (Fsp3) is 1.00. The molecule has 2 aliphatic rings. The Morgan fingerprint density at radius 3 is 2.23 bits per heavy atom. The number of rotatable bonds is 3. The first kappa shape index (κ1) is 9.47. The molecule has 2 nitrogen and oxygen atoms in total. The zero-order valence-electron chi connectivity index (χ0n) is 8.47. The molecule has 76 valence electrons. The molecule has 0 aromatic heterocycles. The topological polar surface area (TPSA) is 52.0 Å². The first-order chi connectivity index (χ1) is 6.28. The van der Waals surface area contributed by atoms with Crippen LogP contribution in [0.15, 0.2) is 0 Å². The van der Waals surface area contributed by atoms with Gasteiger partial charge in [-0.15, -0.1) is 0 Å². The third-order valence-corrected chi connectivity index (χ3v) is 4.16. The highest BCUT2D eigenvalue weighted by atomic mass is 14.8. The van der Waals surface area contributed by atoms with Crippen LogP contribution >= 0.6 is 0 Å². The summed E-state index contributed by atoms with van der Waals surface area (Å²) in [5.41, 5.74) is 12.5. The second-order valence-corrected chi connectivity index (χ2v) is 4.99. The van der Waals surface area contributed by atoms with Gasteiger partial charge in [0.2, 0.25) is 0 Å². The molecule has 0 radical (unpaired) electrons. The molecule has 2 fully saturated rings. The van der Waals surface area contributed by atoms with E-state index in [1.807, 2.05) is 0 Å². The van der Waals surface area contributed by atoms with Crippen LogP contribution in [0.4, 0.5) is 0 Å². The van der Waals surface area contributed by atoms with Crippen LogP contribution in [0.2, 0.25) is 0 Å². The lowest BCUT2D eigenvalue weighted by Gasteiger charge is -2.32. The van der Waals surface area contributed by atoms with Gasteiger partial charge in [0.1, 0.15) is 0 Å². The van der Waals surface area contributed by atoms with Crippen molar-refractivity contribution in [2.75, 3.05) is 6.54 Å². The van der Waals surface area contributed by atoms with E-state index in [1.165, 1.54) is 44.9 Å². The molecule has 0 heterocycles. The maximum Gasteiger partial charge on any atom is 0.0136 e. The molecular weight excluding hydrogens is 160 g/mol. The first-order valence-corrected chi connectivity index (χ1v) is 5.74. The van der Waals surface area contributed by atoms with Crippen LogP contribution in [-0.4, -0.2) is 12.6 Å². The molecule has 1 atom stereocenters. The highest BCUT2D eigenvalue weighted by molar-refractivity contribution is 5.04. The molecule has 2 aliphatic carbocycles. The molecule has 0 saturated heterocycles. The maximum absolute atomic E-state index is 6.32. The monoisotopic (exact) mass is 182 g/mol. The summed E-state index contributed by atoms with van der Waals surface area (Å²) in [5, 5.41) is 0. The van der Waals surface area contributed by atoms with Gasteiger partial charge in [-0.1, -0.05) is 19.3 Å². The van der Waals surface area contributed by atoms with Crippen molar-refractivity contribution in [3.8, 4) is 0 Å². The van der Waals surface area contributed by atoms with Crippen LogP contribution in [0.1, 0.15) is 44.9 Å².